The molecule has 6 heteroatoms. The highest BCUT2D eigenvalue weighted by molar-refractivity contribution is 5.89. The third-order valence-electron chi connectivity index (χ3n) is 4.42. The number of amides is 2. The van der Waals surface area contributed by atoms with Crippen molar-refractivity contribution in [3.05, 3.63) is 48.2 Å². The zero-order valence-corrected chi connectivity index (χ0v) is 15.6. The molecule has 3 N–H and O–H groups in total. The second-order valence-electron chi connectivity index (χ2n) is 6.23. The Morgan fingerprint density at radius 2 is 1.96 bits per heavy atom. The summed E-state index contributed by atoms with van der Waals surface area (Å²) in [5.41, 5.74) is 0.866. The number of hydrogen-bond donors (Lipinski definition) is 3. The minimum absolute atomic E-state index is 0.203. The number of carbonyl (C=O) groups is 1. The van der Waals surface area contributed by atoms with Gasteiger partial charge in [-0.3, -0.25) is 0 Å². The van der Waals surface area contributed by atoms with Crippen LogP contribution in [0.2, 0.25) is 0 Å². The molecule has 0 atom stereocenters. The number of rotatable bonds is 8. The van der Waals surface area contributed by atoms with Gasteiger partial charge < -0.3 is 20.5 Å². The van der Waals surface area contributed by atoms with E-state index in [9.17, 15) is 9.90 Å². The number of nitrogens with zero attached hydrogens (tertiary/aromatic N) is 1. The Bertz CT molecular complexity index is 712. The zero-order valence-electron chi connectivity index (χ0n) is 15.6. The molecule has 1 aromatic carbocycles. The van der Waals surface area contributed by atoms with Crippen LogP contribution in [0.15, 0.2) is 42.6 Å². The van der Waals surface area contributed by atoms with Gasteiger partial charge in [0.1, 0.15) is 5.75 Å². The first-order chi connectivity index (χ1) is 12.5. The van der Waals surface area contributed by atoms with Gasteiger partial charge in [0.25, 0.3) is 0 Å². The molecule has 0 saturated heterocycles. The van der Waals surface area contributed by atoms with E-state index in [2.05, 4.69) is 22.5 Å². The Balaban J connectivity index is 1.89. The average Bonchev–Trinajstić information content (AvgIpc) is 2.68. The fourth-order valence-corrected chi connectivity index (χ4v) is 2.38. The summed E-state index contributed by atoms with van der Waals surface area (Å²) in [6.07, 6.45) is 3.63. The van der Waals surface area contributed by atoms with E-state index in [0.29, 0.717) is 24.4 Å². The highest BCUT2D eigenvalue weighted by atomic mass is 16.5. The summed E-state index contributed by atoms with van der Waals surface area (Å²) in [4.78, 5) is 16.2. The van der Waals surface area contributed by atoms with Crippen LogP contribution in [0.3, 0.4) is 0 Å². The third-order valence-corrected chi connectivity index (χ3v) is 4.42. The number of aryl methyl sites for hydroxylation is 1. The second kappa shape index (κ2) is 9.20. The lowest BCUT2D eigenvalue weighted by Gasteiger charge is -2.25. The fraction of sp³-hybridized carbons (Fsp3) is 0.400. The lowest BCUT2D eigenvalue weighted by molar-refractivity contribution is 0.0354. The summed E-state index contributed by atoms with van der Waals surface area (Å²) >= 11 is 0. The Morgan fingerprint density at radius 3 is 2.58 bits per heavy atom. The molecule has 1 heterocycles. The number of hydrogen-bond acceptors (Lipinski definition) is 4. The van der Waals surface area contributed by atoms with Crippen molar-refractivity contribution < 1.29 is 14.6 Å². The number of aromatic nitrogens is 1. The van der Waals surface area contributed by atoms with Gasteiger partial charge in [0.15, 0.2) is 0 Å². The van der Waals surface area contributed by atoms with Crippen LogP contribution in [0.4, 0.5) is 10.5 Å². The quantitative estimate of drug-likeness (QED) is 0.664. The number of urea groups is 1. The Hall–Kier alpha value is -2.60. The van der Waals surface area contributed by atoms with Crippen LogP contribution < -0.4 is 15.4 Å². The highest BCUT2D eigenvalue weighted by Crippen LogP contribution is 2.21. The number of benzene rings is 1. The standard InChI is InChI=1S/C20H27N3O3/c1-4-15-8-7-9-17(12-15)26-18-11-10-16(13-21-18)23-19(24)22-14-20(25,5-2)6-3/h7-13,25H,4-6,14H2,1-3H3,(H2,22,23,24). The number of anilines is 1. The Labute approximate surface area is 154 Å². The molecule has 6 nitrogen and oxygen atoms in total. The van der Waals surface area contributed by atoms with E-state index in [1.54, 1.807) is 12.1 Å². The minimum Gasteiger partial charge on any atom is -0.439 e. The molecule has 0 fully saturated rings. The summed E-state index contributed by atoms with van der Waals surface area (Å²) in [5.74, 6) is 1.18. The highest BCUT2D eigenvalue weighted by Gasteiger charge is 2.22. The van der Waals surface area contributed by atoms with E-state index < -0.39 is 5.60 Å². The van der Waals surface area contributed by atoms with Gasteiger partial charge in [0.05, 0.1) is 17.5 Å². The molecule has 0 aliphatic rings. The van der Waals surface area contributed by atoms with E-state index in [1.807, 2.05) is 38.1 Å². The maximum Gasteiger partial charge on any atom is 0.319 e. The number of pyridine rings is 1. The minimum atomic E-state index is -0.875. The average molecular weight is 357 g/mol. The number of ether oxygens (including phenoxy) is 1. The summed E-state index contributed by atoms with van der Waals surface area (Å²) < 4.78 is 5.73. The summed E-state index contributed by atoms with van der Waals surface area (Å²) in [7, 11) is 0. The van der Waals surface area contributed by atoms with Crippen molar-refractivity contribution >= 4 is 11.7 Å². The van der Waals surface area contributed by atoms with E-state index in [0.717, 1.165) is 12.2 Å². The molecule has 2 rings (SSSR count). The van der Waals surface area contributed by atoms with Gasteiger partial charge in [-0.25, -0.2) is 9.78 Å². The van der Waals surface area contributed by atoms with Gasteiger partial charge in [-0.15, -0.1) is 0 Å². The molecule has 0 unspecified atom stereocenters. The molecule has 2 amide bonds. The van der Waals surface area contributed by atoms with E-state index in [1.165, 1.54) is 11.8 Å². The van der Waals surface area contributed by atoms with Crippen molar-refractivity contribution in [2.24, 2.45) is 0 Å². The van der Waals surface area contributed by atoms with Gasteiger partial charge in [0.2, 0.25) is 5.88 Å². The van der Waals surface area contributed by atoms with Crippen LogP contribution in [0.1, 0.15) is 39.2 Å². The van der Waals surface area contributed by atoms with Gasteiger partial charge >= 0.3 is 6.03 Å². The monoisotopic (exact) mass is 357 g/mol. The maximum absolute atomic E-state index is 11.9. The predicted molar refractivity (Wildman–Crippen MR) is 103 cm³/mol. The fourth-order valence-electron chi connectivity index (χ4n) is 2.38. The summed E-state index contributed by atoms with van der Waals surface area (Å²) in [6.45, 7) is 6.07. The first-order valence-corrected chi connectivity index (χ1v) is 8.98. The van der Waals surface area contributed by atoms with Gasteiger partial charge in [-0.05, 0) is 43.0 Å². The topological polar surface area (TPSA) is 83.5 Å². The number of carbonyl (C=O) groups excluding carboxylic acids is 1. The van der Waals surface area contributed by atoms with Crippen LogP contribution in [0, 0.1) is 0 Å². The van der Waals surface area contributed by atoms with Crippen molar-refractivity contribution in [1.29, 1.82) is 0 Å². The van der Waals surface area contributed by atoms with Crippen LogP contribution in [0.5, 0.6) is 11.6 Å². The van der Waals surface area contributed by atoms with Crippen LogP contribution in [-0.2, 0) is 6.42 Å². The Morgan fingerprint density at radius 1 is 1.19 bits per heavy atom. The van der Waals surface area contributed by atoms with Crippen molar-refractivity contribution in [3.63, 3.8) is 0 Å². The van der Waals surface area contributed by atoms with Crippen LogP contribution in [0.25, 0.3) is 0 Å². The summed E-state index contributed by atoms with van der Waals surface area (Å²) in [6, 6.07) is 10.9. The van der Waals surface area contributed by atoms with Crippen LogP contribution in [-0.4, -0.2) is 28.3 Å². The molecule has 2 aromatic rings. The van der Waals surface area contributed by atoms with E-state index in [-0.39, 0.29) is 12.6 Å². The van der Waals surface area contributed by atoms with Crippen molar-refractivity contribution in [2.75, 3.05) is 11.9 Å². The molecule has 0 aliphatic carbocycles. The molecule has 0 aliphatic heterocycles. The molecule has 0 saturated carbocycles. The molecular formula is C20H27N3O3. The molecule has 140 valence electrons. The van der Waals surface area contributed by atoms with Gasteiger partial charge in [-0.1, -0.05) is 32.9 Å². The third kappa shape index (κ3) is 5.74. The first-order valence-electron chi connectivity index (χ1n) is 8.98. The summed E-state index contributed by atoms with van der Waals surface area (Å²) in [5, 5.41) is 15.6. The van der Waals surface area contributed by atoms with Crippen molar-refractivity contribution in [2.45, 2.75) is 45.6 Å². The van der Waals surface area contributed by atoms with E-state index in [4.69, 9.17) is 4.74 Å². The van der Waals surface area contributed by atoms with Gasteiger partial charge in [0, 0.05) is 12.6 Å². The lowest BCUT2D eigenvalue weighted by Crippen LogP contribution is -2.43. The first kappa shape index (κ1) is 19.7. The maximum atomic E-state index is 11.9. The molecule has 0 bridgehead atoms. The Kier molecular flexibility index (Phi) is 6.97. The van der Waals surface area contributed by atoms with Crippen molar-refractivity contribution in [3.8, 4) is 11.6 Å². The van der Waals surface area contributed by atoms with E-state index >= 15 is 0 Å². The SMILES string of the molecule is CCc1cccc(Oc2ccc(NC(=O)NCC(O)(CC)CC)cn2)c1. The zero-order chi connectivity index (χ0) is 19.0. The largest absolute Gasteiger partial charge is 0.439 e. The lowest BCUT2D eigenvalue weighted by atomic mass is 9.98. The normalized spacial score (nSPS) is 11.1. The second-order valence-corrected chi connectivity index (χ2v) is 6.23. The molecule has 0 radical (unpaired) electrons. The molecule has 0 spiro atoms. The molecule has 26 heavy (non-hydrogen) atoms. The van der Waals surface area contributed by atoms with Gasteiger partial charge in [-0.2, -0.15) is 0 Å². The molecular weight excluding hydrogens is 330 g/mol. The van der Waals surface area contributed by atoms with Crippen molar-refractivity contribution in [1.82, 2.24) is 10.3 Å². The predicted octanol–water partition coefficient (Wildman–Crippen LogP) is 4.11. The number of nitrogens with one attached hydrogen (secondary N) is 2. The smallest absolute Gasteiger partial charge is 0.319 e. The molecule has 1 aromatic heterocycles. The number of aliphatic hydroxyl groups is 1. The van der Waals surface area contributed by atoms with Crippen LogP contribution >= 0.6 is 0 Å².